The minimum absolute atomic E-state index is 0.00679. The molecule has 1 aromatic heterocycles. The first kappa shape index (κ1) is 33.0. The lowest BCUT2D eigenvalue weighted by molar-refractivity contribution is -0.137. The molecule has 0 spiro atoms. The number of hydrogen-bond donors (Lipinski definition) is 1. The Morgan fingerprint density at radius 1 is 0.936 bits per heavy atom. The number of ether oxygens (including phenoxy) is 3. The van der Waals surface area contributed by atoms with Crippen LogP contribution in [-0.2, 0) is 35.3 Å². The third-order valence-electron chi connectivity index (χ3n) is 7.89. The maximum Gasteiger partial charge on any atom is 0.253 e. The Hall–Kier alpha value is -5.37. The molecule has 4 amide bonds. The summed E-state index contributed by atoms with van der Waals surface area (Å²) in [5.41, 5.74) is 2.60. The molecule has 2 aliphatic rings. The monoisotopic (exact) mass is 644 g/mol. The molecule has 3 aromatic rings. The summed E-state index contributed by atoms with van der Waals surface area (Å²) in [6, 6.07) is 12.4. The fourth-order valence-electron chi connectivity index (χ4n) is 5.29. The molecule has 1 unspecified atom stereocenters. The van der Waals surface area contributed by atoms with Gasteiger partial charge in [-0.1, -0.05) is 17.3 Å². The van der Waals surface area contributed by atoms with Crippen LogP contribution in [-0.4, -0.2) is 89.8 Å². The average Bonchev–Trinajstić information content (AvgIpc) is 3.80. The van der Waals surface area contributed by atoms with Crippen LogP contribution >= 0.6 is 0 Å². The second-order valence-corrected chi connectivity index (χ2v) is 11.0. The quantitative estimate of drug-likeness (QED) is 0.181. The molecule has 1 N–H and O–H groups in total. The Balaban J connectivity index is 1.03. The van der Waals surface area contributed by atoms with Gasteiger partial charge in [0.2, 0.25) is 11.8 Å². The zero-order valence-electron chi connectivity index (χ0n) is 26.2. The van der Waals surface area contributed by atoms with Crippen molar-refractivity contribution in [3.8, 4) is 22.8 Å². The van der Waals surface area contributed by atoms with Crippen LogP contribution < -0.4 is 19.7 Å². The van der Waals surface area contributed by atoms with Crippen LogP contribution in [0.2, 0.25) is 0 Å². The zero-order valence-corrected chi connectivity index (χ0v) is 26.2. The Morgan fingerprint density at radius 2 is 1.70 bits per heavy atom. The summed E-state index contributed by atoms with van der Waals surface area (Å²) in [6.45, 7) is 1.50. The zero-order chi connectivity index (χ0) is 33.3. The highest BCUT2D eigenvalue weighted by atomic mass is 16.5. The number of hydrogen-bond acceptors (Lipinski definition) is 10. The highest BCUT2D eigenvalue weighted by Crippen LogP contribution is 2.36. The normalized spacial score (nSPS) is 15.9. The molecule has 47 heavy (non-hydrogen) atoms. The number of rotatable bonds is 16. The molecule has 0 aliphatic carbocycles. The fraction of sp³-hybridized carbons (Fsp3) is 0.364. The summed E-state index contributed by atoms with van der Waals surface area (Å²) < 4.78 is 17.9. The molecular formula is C33H36N6O8. The van der Waals surface area contributed by atoms with E-state index in [0.717, 1.165) is 10.5 Å². The van der Waals surface area contributed by atoms with Gasteiger partial charge in [0.15, 0.2) is 0 Å². The van der Waals surface area contributed by atoms with Crippen molar-refractivity contribution in [1.82, 2.24) is 19.9 Å². The molecule has 1 atom stereocenters. The predicted molar refractivity (Wildman–Crippen MR) is 170 cm³/mol. The topological polar surface area (TPSA) is 162 Å². The van der Waals surface area contributed by atoms with Crippen LogP contribution in [0.4, 0.5) is 11.4 Å². The number of imide groups is 1. The first-order chi connectivity index (χ1) is 22.7. The van der Waals surface area contributed by atoms with Gasteiger partial charge in [-0.05, 0) is 30.7 Å². The van der Waals surface area contributed by atoms with Crippen LogP contribution in [0.15, 0.2) is 60.8 Å². The first-order valence-corrected chi connectivity index (χ1v) is 15.2. The van der Waals surface area contributed by atoms with Crippen molar-refractivity contribution in [1.29, 1.82) is 0 Å². The molecule has 2 aromatic carbocycles. The Labute approximate surface area is 271 Å². The molecule has 3 heterocycles. The summed E-state index contributed by atoms with van der Waals surface area (Å²) in [6.07, 6.45) is 5.27. The van der Waals surface area contributed by atoms with Crippen molar-refractivity contribution in [3.05, 3.63) is 60.8 Å². The highest BCUT2D eigenvalue weighted by molar-refractivity contribution is 6.12. The van der Waals surface area contributed by atoms with Crippen LogP contribution in [0.1, 0.15) is 25.7 Å². The molecular weight excluding hydrogens is 608 g/mol. The van der Waals surface area contributed by atoms with Gasteiger partial charge in [0, 0.05) is 61.8 Å². The van der Waals surface area contributed by atoms with Crippen molar-refractivity contribution >= 4 is 40.8 Å². The summed E-state index contributed by atoms with van der Waals surface area (Å²) in [7, 11) is 3.07. The number of aromatic nitrogens is 3. The van der Waals surface area contributed by atoms with E-state index in [1.54, 1.807) is 53.2 Å². The smallest absolute Gasteiger partial charge is 0.253 e. The van der Waals surface area contributed by atoms with Gasteiger partial charge in [-0.2, -0.15) is 0 Å². The van der Waals surface area contributed by atoms with Crippen LogP contribution in [0.5, 0.6) is 11.5 Å². The molecule has 1 saturated heterocycles. The van der Waals surface area contributed by atoms with E-state index >= 15 is 0 Å². The van der Waals surface area contributed by atoms with E-state index in [4.69, 9.17) is 14.2 Å². The average molecular weight is 645 g/mol. The number of anilines is 2. The number of Topliss-reactive ketones (excluding diaryl/α,β-unsaturated/α-hetero) is 1. The lowest BCUT2D eigenvalue weighted by atomic mass is 10.1. The van der Waals surface area contributed by atoms with Gasteiger partial charge in [-0.3, -0.25) is 28.9 Å². The molecule has 14 nitrogen and oxygen atoms in total. The standard InChI is InChI=1S/C33H36N6O8/c1-45-26-9-10-29(46-2)28(19-26)39-20-23(18-32(39)43)33(44)34-24-7-5-22(6-8-24)27-21-37(36-35-27)15-17-47-16-13-25(40)4-3-14-38-30(41)11-12-31(38)42/h5-12,19,21,23H,3-4,13-18,20H2,1-2H3,(H,34,44). The number of carbonyl (C=O) groups is 5. The van der Waals surface area contributed by atoms with Crippen molar-refractivity contribution < 1.29 is 38.2 Å². The van der Waals surface area contributed by atoms with Gasteiger partial charge >= 0.3 is 0 Å². The number of nitrogens with zero attached hydrogens (tertiary/aromatic N) is 5. The Kier molecular flexibility index (Phi) is 10.7. The predicted octanol–water partition coefficient (Wildman–Crippen LogP) is 2.63. The van der Waals surface area contributed by atoms with Gasteiger partial charge in [0.25, 0.3) is 11.8 Å². The maximum absolute atomic E-state index is 13.0. The first-order valence-electron chi connectivity index (χ1n) is 15.2. The second-order valence-electron chi connectivity index (χ2n) is 11.0. The van der Waals surface area contributed by atoms with Gasteiger partial charge in [0.1, 0.15) is 23.0 Å². The van der Waals surface area contributed by atoms with Gasteiger partial charge < -0.3 is 24.4 Å². The van der Waals surface area contributed by atoms with E-state index in [0.29, 0.717) is 48.1 Å². The van der Waals surface area contributed by atoms with Crippen molar-refractivity contribution in [2.45, 2.75) is 32.2 Å². The molecule has 14 heteroatoms. The van der Waals surface area contributed by atoms with E-state index in [9.17, 15) is 24.0 Å². The van der Waals surface area contributed by atoms with Crippen molar-refractivity contribution in [2.24, 2.45) is 5.92 Å². The van der Waals surface area contributed by atoms with Crippen LogP contribution in [0.3, 0.4) is 0 Å². The van der Waals surface area contributed by atoms with Gasteiger partial charge in [-0.25, -0.2) is 4.68 Å². The fourth-order valence-corrected chi connectivity index (χ4v) is 5.29. The Bertz CT molecular complexity index is 1650. The lowest BCUT2D eigenvalue weighted by Gasteiger charge is -2.20. The summed E-state index contributed by atoms with van der Waals surface area (Å²) in [5, 5.41) is 11.2. The Morgan fingerprint density at radius 3 is 2.43 bits per heavy atom. The second kappa shape index (κ2) is 15.3. The molecule has 246 valence electrons. The van der Waals surface area contributed by atoms with E-state index < -0.39 is 5.92 Å². The summed E-state index contributed by atoms with van der Waals surface area (Å²) in [4.78, 5) is 63.7. The third kappa shape index (κ3) is 8.27. The molecule has 2 aliphatic heterocycles. The number of methoxy groups -OCH3 is 2. The van der Waals surface area contributed by atoms with Crippen LogP contribution in [0.25, 0.3) is 11.3 Å². The number of ketones is 1. The van der Waals surface area contributed by atoms with Crippen LogP contribution in [0, 0.1) is 5.92 Å². The van der Waals surface area contributed by atoms with E-state index in [1.165, 1.54) is 19.3 Å². The summed E-state index contributed by atoms with van der Waals surface area (Å²) in [5.74, 6) is -0.539. The maximum atomic E-state index is 13.0. The van der Waals surface area contributed by atoms with E-state index in [1.807, 2.05) is 12.1 Å². The largest absolute Gasteiger partial charge is 0.497 e. The minimum Gasteiger partial charge on any atom is -0.497 e. The molecule has 0 radical (unpaired) electrons. The molecule has 0 bridgehead atoms. The van der Waals surface area contributed by atoms with E-state index in [2.05, 4.69) is 15.6 Å². The van der Waals surface area contributed by atoms with Crippen molar-refractivity contribution in [2.75, 3.05) is 50.7 Å². The number of benzene rings is 2. The van der Waals surface area contributed by atoms with Gasteiger partial charge in [-0.15, -0.1) is 5.10 Å². The minimum atomic E-state index is -0.533. The van der Waals surface area contributed by atoms with E-state index in [-0.39, 0.29) is 68.4 Å². The molecule has 1 fully saturated rings. The van der Waals surface area contributed by atoms with Crippen molar-refractivity contribution in [3.63, 3.8) is 0 Å². The molecule has 0 saturated carbocycles. The number of carbonyl (C=O) groups excluding carboxylic acids is 5. The van der Waals surface area contributed by atoms with Gasteiger partial charge in [0.05, 0.1) is 51.8 Å². The number of nitrogens with one attached hydrogen (secondary N) is 1. The third-order valence-corrected chi connectivity index (χ3v) is 7.89. The molecule has 5 rings (SSSR count). The highest BCUT2D eigenvalue weighted by Gasteiger charge is 2.36. The lowest BCUT2D eigenvalue weighted by Crippen LogP contribution is -2.31. The number of amides is 4. The SMILES string of the molecule is COc1ccc(OC)c(N2CC(C(=O)Nc3ccc(-c4cn(CCOCCC(=O)CCCN5C(=O)C=CC5=O)nn4)cc3)CC2=O)c1. The summed E-state index contributed by atoms with van der Waals surface area (Å²) >= 11 is 0.